The summed E-state index contributed by atoms with van der Waals surface area (Å²) >= 11 is 4.49. The van der Waals surface area contributed by atoms with Crippen molar-refractivity contribution in [3.63, 3.8) is 0 Å². The van der Waals surface area contributed by atoms with E-state index >= 15 is 0 Å². The number of ether oxygens (including phenoxy) is 1. The van der Waals surface area contributed by atoms with Gasteiger partial charge in [0.25, 0.3) is 0 Å². The predicted octanol–water partition coefficient (Wildman–Crippen LogP) is 3.08. The first-order valence-corrected chi connectivity index (χ1v) is 5.50. The lowest BCUT2D eigenvalue weighted by Crippen LogP contribution is -2.17. The molecule has 0 saturated heterocycles. The van der Waals surface area contributed by atoms with E-state index in [0.29, 0.717) is 18.5 Å². The normalized spacial score (nSPS) is 12.7. The number of aliphatic imine (C=N–C) groups is 1. The summed E-state index contributed by atoms with van der Waals surface area (Å²) in [7, 11) is 0. The second kappa shape index (κ2) is 6.49. The molecule has 2 N–H and O–H groups in total. The standard InChI is InChI=1S/C11H11F3N2OS/c12-11(13,14)17-9-3-1-2-8(6-9)10(4-5-15)16-7-18/h1-3,6,10H,4-5,15H2. The maximum atomic E-state index is 12.1. The van der Waals surface area contributed by atoms with Crippen molar-refractivity contribution in [2.75, 3.05) is 6.54 Å². The molecule has 0 saturated carbocycles. The van der Waals surface area contributed by atoms with E-state index in [1.54, 1.807) is 6.07 Å². The molecule has 0 aliphatic heterocycles. The quantitative estimate of drug-likeness (QED) is 0.664. The molecular weight excluding hydrogens is 265 g/mol. The molecule has 1 aromatic rings. The third kappa shape index (κ3) is 4.83. The minimum Gasteiger partial charge on any atom is -0.406 e. The summed E-state index contributed by atoms with van der Waals surface area (Å²) in [5, 5.41) is 2.21. The summed E-state index contributed by atoms with van der Waals surface area (Å²) in [6.07, 6.45) is -4.24. The van der Waals surface area contributed by atoms with E-state index < -0.39 is 12.4 Å². The first kappa shape index (κ1) is 14.6. The average molecular weight is 276 g/mol. The fourth-order valence-corrected chi connectivity index (χ4v) is 1.57. The van der Waals surface area contributed by atoms with Crippen LogP contribution >= 0.6 is 12.2 Å². The molecule has 1 unspecified atom stereocenters. The van der Waals surface area contributed by atoms with E-state index in [1.165, 1.54) is 18.2 Å². The molecule has 98 valence electrons. The van der Waals surface area contributed by atoms with Crippen molar-refractivity contribution in [2.24, 2.45) is 10.7 Å². The zero-order valence-corrected chi connectivity index (χ0v) is 10.1. The van der Waals surface area contributed by atoms with E-state index in [-0.39, 0.29) is 5.75 Å². The second-order valence-electron chi connectivity index (χ2n) is 3.43. The highest BCUT2D eigenvalue weighted by Gasteiger charge is 2.31. The first-order chi connectivity index (χ1) is 8.46. The summed E-state index contributed by atoms with van der Waals surface area (Å²) < 4.78 is 40.1. The van der Waals surface area contributed by atoms with Gasteiger partial charge in [0.2, 0.25) is 0 Å². The Balaban J connectivity index is 2.95. The van der Waals surface area contributed by atoms with Crippen LogP contribution in [0.2, 0.25) is 0 Å². The van der Waals surface area contributed by atoms with Gasteiger partial charge < -0.3 is 10.5 Å². The summed E-state index contributed by atoms with van der Waals surface area (Å²) in [5.74, 6) is -0.290. The minimum atomic E-state index is -4.71. The molecule has 1 rings (SSSR count). The Morgan fingerprint density at radius 1 is 1.44 bits per heavy atom. The Morgan fingerprint density at radius 3 is 2.72 bits per heavy atom. The van der Waals surface area contributed by atoms with Crippen LogP contribution in [0.15, 0.2) is 29.3 Å². The summed E-state index contributed by atoms with van der Waals surface area (Å²) in [5.41, 5.74) is 5.96. The summed E-state index contributed by atoms with van der Waals surface area (Å²) in [6.45, 7) is 0.343. The maximum Gasteiger partial charge on any atom is 0.573 e. The van der Waals surface area contributed by atoms with Crippen molar-refractivity contribution in [1.82, 2.24) is 0 Å². The van der Waals surface area contributed by atoms with E-state index in [2.05, 4.69) is 27.1 Å². The van der Waals surface area contributed by atoms with Gasteiger partial charge in [-0.05, 0) is 42.9 Å². The molecule has 0 fully saturated rings. The van der Waals surface area contributed by atoms with Crippen molar-refractivity contribution in [3.8, 4) is 5.75 Å². The number of hydrogen-bond acceptors (Lipinski definition) is 4. The zero-order chi connectivity index (χ0) is 13.6. The number of benzene rings is 1. The van der Waals surface area contributed by atoms with Crippen molar-refractivity contribution in [1.29, 1.82) is 0 Å². The van der Waals surface area contributed by atoms with Gasteiger partial charge in [-0.1, -0.05) is 12.1 Å². The van der Waals surface area contributed by atoms with Gasteiger partial charge in [-0.15, -0.1) is 13.2 Å². The highest BCUT2D eigenvalue weighted by Crippen LogP contribution is 2.27. The summed E-state index contributed by atoms with van der Waals surface area (Å²) in [6, 6.07) is 5.18. The smallest absolute Gasteiger partial charge is 0.406 e. The number of halogens is 3. The molecule has 1 aromatic carbocycles. The van der Waals surface area contributed by atoms with Gasteiger partial charge >= 0.3 is 6.36 Å². The number of thiocarbonyl (C=S) groups is 1. The Hall–Kier alpha value is -1.43. The fourth-order valence-electron chi connectivity index (χ4n) is 1.45. The largest absolute Gasteiger partial charge is 0.573 e. The minimum absolute atomic E-state index is 0.290. The van der Waals surface area contributed by atoms with Crippen molar-refractivity contribution in [3.05, 3.63) is 29.8 Å². The zero-order valence-electron chi connectivity index (χ0n) is 9.28. The molecule has 1 atom stereocenters. The number of isothiocyanates is 1. The third-order valence-corrected chi connectivity index (χ3v) is 2.23. The number of nitrogens with zero attached hydrogens (tertiary/aromatic N) is 1. The molecule has 0 spiro atoms. The first-order valence-electron chi connectivity index (χ1n) is 5.09. The molecule has 0 aromatic heterocycles. The number of hydrogen-bond donors (Lipinski definition) is 1. The van der Waals surface area contributed by atoms with Gasteiger partial charge in [-0.25, -0.2) is 4.99 Å². The van der Waals surface area contributed by atoms with Crippen LogP contribution in [0, 0.1) is 0 Å². The molecule has 0 amide bonds. The van der Waals surface area contributed by atoms with Gasteiger partial charge in [0, 0.05) is 0 Å². The SMILES string of the molecule is NCCC(N=C=S)c1cccc(OC(F)(F)F)c1. The number of rotatable bonds is 5. The average Bonchev–Trinajstić information content (AvgIpc) is 2.27. The molecule has 0 bridgehead atoms. The lowest BCUT2D eigenvalue weighted by atomic mass is 10.0. The number of nitrogens with two attached hydrogens (primary N) is 1. The van der Waals surface area contributed by atoms with Crippen LogP contribution in [0.3, 0.4) is 0 Å². The van der Waals surface area contributed by atoms with E-state index in [0.717, 1.165) is 0 Å². The monoisotopic (exact) mass is 276 g/mol. The molecule has 7 heteroatoms. The van der Waals surface area contributed by atoms with Crippen LogP contribution in [0.25, 0.3) is 0 Å². The molecular formula is C11H11F3N2OS. The molecule has 0 aliphatic rings. The van der Waals surface area contributed by atoms with Crippen LogP contribution in [0.1, 0.15) is 18.0 Å². The third-order valence-electron chi connectivity index (χ3n) is 2.13. The Kier molecular flexibility index (Phi) is 5.27. The highest BCUT2D eigenvalue weighted by atomic mass is 32.1. The Morgan fingerprint density at radius 2 is 2.17 bits per heavy atom. The predicted molar refractivity (Wildman–Crippen MR) is 64.6 cm³/mol. The van der Waals surface area contributed by atoms with Crippen LogP contribution in [-0.4, -0.2) is 18.1 Å². The van der Waals surface area contributed by atoms with Crippen LogP contribution in [-0.2, 0) is 0 Å². The van der Waals surface area contributed by atoms with E-state index in [1.807, 2.05) is 0 Å². The van der Waals surface area contributed by atoms with Gasteiger partial charge in [-0.3, -0.25) is 0 Å². The Labute approximate surface area is 107 Å². The maximum absolute atomic E-state index is 12.1. The number of alkyl halides is 3. The molecule has 18 heavy (non-hydrogen) atoms. The molecule has 0 aliphatic carbocycles. The van der Waals surface area contributed by atoms with Crippen molar-refractivity contribution < 1.29 is 17.9 Å². The van der Waals surface area contributed by atoms with Gasteiger partial charge in [0.1, 0.15) is 5.75 Å². The lowest BCUT2D eigenvalue weighted by molar-refractivity contribution is -0.274. The van der Waals surface area contributed by atoms with Gasteiger partial charge in [0.15, 0.2) is 0 Å². The topological polar surface area (TPSA) is 47.6 Å². The fraction of sp³-hybridized carbons (Fsp3) is 0.364. The lowest BCUT2D eigenvalue weighted by Gasteiger charge is -2.13. The van der Waals surface area contributed by atoms with Gasteiger partial charge in [0.05, 0.1) is 11.2 Å². The molecule has 0 radical (unpaired) electrons. The van der Waals surface area contributed by atoms with E-state index in [4.69, 9.17) is 5.73 Å². The molecule has 0 heterocycles. The van der Waals surface area contributed by atoms with Crippen LogP contribution < -0.4 is 10.5 Å². The molecule has 3 nitrogen and oxygen atoms in total. The van der Waals surface area contributed by atoms with Gasteiger partial charge in [-0.2, -0.15) is 0 Å². The second-order valence-corrected chi connectivity index (χ2v) is 3.62. The van der Waals surface area contributed by atoms with E-state index in [9.17, 15) is 13.2 Å². The van der Waals surface area contributed by atoms with Crippen molar-refractivity contribution >= 4 is 17.4 Å². The Bertz CT molecular complexity index is 444. The van der Waals surface area contributed by atoms with Crippen LogP contribution in [0.5, 0.6) is 5.75 Å². The van der Waals surface area contributed by atoms with Crippen LogP contribution in [0.4, 0.5) is 13.2 Å². The summed E-state index contributed by atoms with van der Waals surface area (Å²) in [4.78, 5) is 3.87. The van der Waals surface area contributed by atoms with Crippen molar-refractivity contribution in [2.45, 2.75) is 18.8 Å². The highest BCUT2D eigenvalue weighted by molar-refractivity contribution is 7.78.